The first-order valence-electron chi connectivity index (χ1n) is 7.83. The third kappa shape index (κ3) is 5.73. The second-order valence-corrected chi connectivity index (χ2v) is 6.18. The largest absolute Gasteiger partial charge is 0.395 e. The minimum atomic E-state index is -0.629. The Labute approximate surface area is 163 Å². The van der Waals surface area contributed by atoms with Crippen molar-refractivity contribution in [3.8, 4) is 0 Å². The van der Waals surface area contributed by atoms with Gasteiger partial charge < -0.3 is 15.7 Å². The molecule has 0 fully saturated rings. The van der Waals surface area contributed by atoms with E-state index in [2.05, 4.69) is 26.6 Å². The normalized spacial score (nSPS) is 11.0. The number of non-ortho nitro benzene ring substituents is 1. The van der Waals surface area contributed by atoms with Gasteiger partial charge in [0.1, 0.15) is 5.70 Å². The predicted octanol–water partition coefficient (Wildman–Crippen LogP) is 2.24. The summed E-state index contributed by atoms with van der Waals surface area (Å²) in [6.07, 6.45) is 1.33. The summed E-state index contributed by atoms with van der Waals surface area (Å²) in [5.41, 5.74) is 0.434. The molecule has 0 saturated heterocycles. The number of nitro groups is 1. The highest BCUT2D eigenvalue weighted by Crippen LogP contribution is 2.18. The minimum absolute atomic E-state index is 0.00396. The molecule has 0 radical (unpaired) electrons. The lowest BCUT2D eigenvalue weighted by Crippen LogP contribution is -2.36. The number of benzene rings is 2. The van der Waals surface area contributed by atoms with Gasteiger partial charge in [0.05, 0.1) is 17.1 Å². The van der Waals surface area contributed by atoms with Crippen LogP contribution in [0.15, 0.2) is 58.7 Å². The molecule has 0 aromatic heterocycles. The van der Waals surface area contributed by atoms with Crippen LogP contribution in [0.2, 0.25) is 0 Å². The fourth-order valence-corrected chi connectivity index (χ4v) is 2.62. The average molecular weight is 434 g/mol. The van der Waals surface area contributed by atoms with Crippen LogP contribution in [0, 0.1) is 10.1 Å². The number of nitrogens with zero attached hydrogens (tertiary/aromatic N) is 1. The molecule has 3 N–H and O–H groups in total. The standard InChI is InChI=1S/C18H16BrN3O5/c19-15-7-2-1-6-14(15)17(24)21-16(18(25)20-8-9-23)11-12-4-3-5-13(10-12)22(26)27/h1-7,10-11,23H,8-9H2,(H,20,25)(H,21,24). The summed E-state index contributed by atoms with van der Waals surface area (Å²) in [6.45, 7) is -0.274. The van der Waals surface area contributed by atoms with E-state index in [-0.39, 0.29) is 24.5 Å². The topological polar surface area (TPSA) is 122 Å². The maximum Gasteiger partial charge on any atom is 0.270 e. The van der Waals surface area contributed by atoms with Gasteiger partial charge in [-0.2, -0.15) is 0 Å². The summed E-state index contributed by atoms with van der Waals surface area (Å²) < 4.78 is 0.549. The molecule has 0 spiro atoms. The Balaban J connectivity index is 2.35. The molecule has 0 aliphatic carbocycles. The van der Waals surface area contributed by atoms with Gasteiger partial charge in [-0.05, 0) is 39.7 Å². The van der Waals surface area contributed by atoms with Crippen LogP contribution in [0.25, 0.3) is 6.08 Å². The molecule has 0 heterocycles. The summed E-state index contributed by atoms with van der Waals surface area (Å²) in [5.74, 6) is -1.16. The van der Waals surface area contributed by atoms with Gasteiger partial charge in [-0.15, -0.1) is 0 Å². The maximum atomic E-state index is 12.5. The lowest BCUT2D eigenvalue weighted by molar-refractivity contribution is -0.384. The Hall–Kier alpha value is -3.04. The molecular weight excluding hydrogens is 418 g/mol. The molecule has 0 bridgehead atoms. The summed E-state index contributed by atoms with van der Waals surface area (Å²) in [5, 5.41) is 24.7. The molecule has 0 atom stereocenters. The van der Waals surface area contributed by atoms with Crippen molar-refractivity contribution in [1.29, 1.82) is 0 Å². The molecular formula is C18H16BrN3O5. The van der Waals surface area contributed by atoms with Gasteiger partial charge >= 0.3 is 0 Å². The van der Waals surface area contributed by atoms with Crippen LogP contribution in [0.3, 0.4) is 0 Å². The lowest BCUT2D eigenvalue weighted by Gasteiger charge is -2.11. The molecule has 2 amide bonds. The van der Waals surface area contributed by atoms with E-state index in [0.717, 1.165) is 0 Å². The second kappa shape index (κ2) is 9.60. The van der Waals surface area contributed by atoms with Crippen LogP contribution in [0.5, 0.6) is 0 Å². The minimum Gasteiger partial charge on any atom is -0.395 e. The van der Waals surface area contributed by atoms with E-state index in [1.165, 1.54) is 24.3 Å². The zero-order chi connectivity index (χ0) is 19.8. The zero-order valence-electron chi connectivity index (χ0n) is 14.0. The molecule has 2 aromatic rings. The van der Waals surface area contributed by atoms with Crippen molar-refractivity contribution in [3.63, 3.8) is 0 Å². The molecule has 9 heteroatoms. The number of aliphatic hydroxyl groups excluding tert-OH is 1. The van der Waals surface area contributed by atoms with E-state index >= 15 is 0 Å². The van der Waals surface area contributed by atoms with E-state index in [1.54, 1.807) is 30.3 Å². The third-order valence-electron chi connectivity index (χ3n) is 3.40. The van der Waals surface area contributed by atoms with Crippen LogP contribution in [0.4, 0.5) is 5.69 Å². The molecule has 0 aliphatic rings. The molecule has 0 saturated carbocycles. The quantitative estimate of drug-likeness (QED) is 0.351. The molecule has 0 aliphatic heterocycles. The summed E-state index contributed by atoms with van der Waals surface area (Å²) in [4.78, 5) is 35.2. The van der Waals surface area contributed by atoms with Crippen LogP contribution < -0.4 is 10.6 Å². The Bertz CT molecular complexity index is 898. The molecule has 140 valence electrons. The molecule has 2 aromatic carbocycles. The molecule has 2 rings (SSSR count). The van der Waals surface area contributed by atoms with Gasteiger partial charge in [-0.3, -0.25) is 19.7 Å². The maximum absolute atomic E-state index is 12.5. The number of hydrogen-bond acceptors (Lipinski definition) is 5. The number of hydrogen-bond donors (Lipinski definition) is 3. The number of halogens is 1. The first-order valence-corrected chi connectivity index (χ1v) is 8.62. The number of nitro benzene ring substituents is 1. The van der Waals surface area contributed by atoms with Gasteiger partial charge in [-0.25, -0.2) is 0 Å². The number of rotatable bonds is 7. The lowest BCUT2D eigenvalue weighted by atomic mass is 10.1. The summed E-state index contributed by atoms with van der Waals surface area (Å²) in [7, 11) is 0. The third-order valence-corrected chi connectivity index (χ3v) is 4.09. The van der Waals surface area contributed by atoms with Crippen LogP contribution >= 0.6 is 15.9 Å². The number of nitrogens with one attached hydrogen (secondary N) is 2. The average Bonchev–Trinajstić information content (AvgIpc) is 2.66. The number of carbonyl (C=O) groups is 2. The highest BCUT2D eigenvalue weighted by molar-refractivity contribution is 9.10. The van der Waals surface area contributed by atoms with Crippen LogP contribution in [0.1, 0.15) is 15.9 Å². The number of carbonyl (C=O) groups excluding carboxylic acids is 2. The van der Waals surface area contributed by atoms with Crippen molar-refractivity contribution >= 4 is 39.5 Å². The Morgan fingerprint density at radius 2 is 1.93 bits per heavy atom. The van der Waals surface area contributed by atoms with Crippen molar-refractivity contribution in [2.24, 2.45) is 0 Å². The van der Waals surface area contributed by atoms with Crippen LogP contribution in [-0.2, 0) is 4.79 Å². The zero-order valence-corrected chi connectivity index (χ0v) is 15.6. The Morgan fingerprint density at radius 3 is 2.59 bits per heavy atom. The number of aliphatic hydroxyl groups is 1. The fourth-order valence-electron chi connectivity index (χ4n) is 2.15. The van der Waals surface area contributed by atoms with Crippen molar-refractivity contribution in [3.05, 3.63) is 79.9 Å². The first-order chi connectivity index (χ1) is 12.9. The van der Waals surface area contributed by atoms with Gasteiger partial charge in [-0.1, -0.05) is 24.3 Å². The van der Waals surface area contributed by atoms with E-state index in [1.807, 2.05) is 0 Å². The summed E-state index contributed by atoms with van der Waals surface area (Å²) >= 11 is 3.27. The summed E-state index contributed by atoms with van der Waals surface area (Å²) in [6, 6.07) is 12.3. The van der Waals surface area contributed by atoms with Gasteiger partial charge in [0.25, 0.3) is 17.5 Å². The van der Waals surface area contributed by atoms with Crippen molar-refractivity contribution in [2.75, 3.05) is 13.2 Å². The van der Waals surface area contributed by atoms with Crippen molar-refractivity contribution < 1.29 is 19.6 Å². The van der Waals surface area contributed by atoms with Gasteiger partial charge in [0.2, 0.25) is 0 Å². The molecule has 27 heavy (non-hydrogen) atoms. The molecule has 0 unspecified atom stereocenters. The highest BCUT2D eigenvalue weighted by Gasteiger charge is 2.16. The van der Waals surface area contributed by atoms with E-state index < -0.39 is 16.7 Å². The predicted molar refractivity (Wildman–Crippen MR) is 103 cm³/mol. The smallest absolute Gasteiger partial charge is 0.270 e. The first kappa shape index (κ1) is 20.3. The van der Waals surface area contributed by atoms with E-state index in [0.29, 0.717) is 15.6 Å². The van der Waals surface area contributed by atoms with Gasteiger partial charge in [0, 0.05) is 23.2 Å². The number of amides is 2. The van der Waals surface area contributed by atoms with E-state index in [4.69, 9.17) is 5.11 Å². The van der Waals surface area contributed by atoms with Crippen LogP contribution in [-0.4, -0.2) is 35.0 Å². The fraction of sp³-hybridized carbons (Fsp3) is 0.111. The molecule has 8 nitrogen and oxygen atoms in total. The van der Waals surface area contributed by atoms with Crippen molar-refractivity contribution in [1.82, 2.24) is 10.6 Å². The Kier molecular flexibility index (Phi) is 7.21. The van der Waals surface area contributed by atoms with E-state index in [9.17, 15) is 19.7 Å². The SMILES string of the molecule is O=C(NCCO)C(=Cc1cccc([N+](=O)[O-])c1)NC(=O)c1ccccc1Br. The highest BCUT2D eigenvalue weighted by atomic mass is 79.9. The monoisotopic (exact) mass is 433 g/mol. The van der Waals surface area contributed by atoms with Crippen molar-refractivity contribution in [2.45, 2.75) is 0 Å². The van der Waals surface area contributed by atoms with Gasteiger partial charge in [0.15, 0.2) is 0 Å². The second-order valence-electron chi connectivity index (χ2n) is 5.32. The Morgan fingerprint density at radius 1 is 1.19 bits per heavy atom.